The van der Waals surface area contributed by atoms with Gasteiger partial charge in [0.1, 0.15) is 5.82 Å². The second-order valence-corrected chi connectivity index (χ2v) is 7.98. The molecule has 33 heavy (non-hydrogen) atoms. The third-order valence-corrected chi connectivity index (χ3v) is 5.80. The molecule has 1 N–H and O–H groups in total. The molecule has 0 radical (unpaired) electrons. The monoisotopic (exact) mass is 481 g/mol. The second kappa shape index (κ2) is 11.8. The Morgan fingerprint density at radius 3 is 1.97 bits per heavy atom. The van der Waals surface area contributed by atoms with Crippen LogP contribution in [0.15, 0.2) is 84.9 Å². The van der Waals surface area contributed by atoms with E-state index in [0.29, 0.717) is 0 Å². The van der Waals surface area contributed by atoms with Gasteiger partial charge in [0, 0.05) is 44.7 Å². The number of anilines is 2. The number of para-hydroxylation sites is 1. The van der Waals surface area contributed by atoms with Crippen LogP contribution in [0.4, 0.5) is 11.8 Å². The van der Waals surface area contributed by atoms with Gasteiger partial charge in [-0.3, -0.25) is 4.90 Å². The van der Waals surface area contributed by atoms with Gasteiger partial charge in [0.15, 0.2) is 0 Å². The SMILES string of the molecule is Cl.Cl.c1ccc(CNc2nc(N3CCN(Cc4ccccc4)CC3)nc3ccccc23)cc1. The fraction of sp³-hybridized carbons (Fsp3) is 0.231. The van der Waals surface area contributed by atoms with E-state index in [2.05, 4.69) is 81.8 Å². The van der Waals surface area contributed by atoms with E-state index in [4.69, 9.17) is 9.97 Å². The summed E-state index contributed by atoms with van der Waals surface area (Å²) >= 11 is 0. The van der Waals surface area contributed by atoms with Crippen molar-refractivity contribution < 1.29 is 0 Å². The number of halogens is 2. The third kappa shape index (κ3) is 6.14. The number of piperazine rings is 1. The Morgan fingerprint density at radius 1 is 0.667 bits per heavy atom. The van der Waals surface area contributed by atoms with Crippen molar-refractivity contribution in [3.8, 4) is 0 Å². The van der Waals surface area contributed by atoms with Gasteiger partial charge in [-0.25, -0.2) is 4.98 Å². The predicted molar refractivity (Wildman–Crippen MR) is 142 cm³/mol. The van der Waals surface area contributed by atoms with Gasteiger partial charge in [0.25, 0.3) is 0 Å². The lowest BCUT2D eigenvalue weighted by molar-refractivity contribution is 0.249. The summed E-state index contributed by atoms with van der Waals surface area (Å²) in [5, 5.41) is 4.60. The molecule has 3 aromatic carbocycles. The minimum Gasteiger partial charge on any atom is -0.365 e. The Labute approximate surface area is 207 Å². The van der Waals surface area contributed by atoms with E-state index in [9.17, 15) is 0 Å². The number of benzene rings is 3. The molecule has 5 rings (SSSR count). The summed E-state index contributed by atoms with van der Waals surface area (Å²) in [5.74, 6) is 1.71. The van der Waals surface area contributed by atoms with Gasteiger partial charge in [-0.2, -0.15) is 4.98 Å². The number of nitrogens with one attached hydrogen (secondary N) is 1. The fourth-order valence-corrected chi connectivity index (χ4v) is 4.07. The second-order valence-electron chi connectivity index (χ2n) is 7.98. The zero-order valence-corrected chi connectivity index (χ0v) is 20.1. The quantitative estimate of drug-likeness (QED) is 0.398. The van der Waals surface area contributed by atoms with Crippen molar-refractivity contribution >= 4 is 47.5 Å². The minimum atomic E-state index is 0. The highest BCUT2D eigenvalue weighted by molar-refractivity contribution is 5.90. The molecule has 0 bridgehead atoms. The van der Waals surface area contributed by atoms with Gasteiger partial charge >= 0.3 is 0 Å². The van der Waals surface area contributed by atoms with Crippen LogP contribution in [0.5, 0.6) is 0 Å². The molecular formula is C26H29Cl2N5. The molecule has 0 unspecified atom stereocenters. The lowest BCUT2D eigenvalue weighted by Crippen LogP contribution is -2.46. The van der Waals surface area contributed by atoms with E-state index in [1.165, 1.54) is 11.1 Å². The zero-order valence-electron chi connectivity index (χ0n) is 18.4. The summed E-state index contributed by atoms with van der Waals surface area (Å²) in [7, 11) is 0. The largest absolute Gasteiger partial charge is 0.365 e. The number of fused-ring (bicyclic) bond motifs is 1. The molecule has 2 heterocycles. The number of nitrogens with zero attached hydrogens (tertiary/aromatic N) is 4. The van der Waals surface area contributed by atoms with Crippen molar-refractivity contribution in [2.24, 2.45) is 0 Å². The fourth-order valence-electron chi connectivity index (χ4n) is 4.07. The highest BCUT2D eigenvalue weighted by atomic mass is 35.5. The molecule has 172 valence electrons. The topological polar surface area (TPSA) is 44.3 Å². The van der Waals surface area contributed by atoms with Crippen LogP contribution < -0.4 is 10.2 Å². The Kier molecular flexibility index (Phi) is 8.89. The average molecular weight is 482 g/mol. The Hall–Kier alpha value is -2.86. The Bertz CT molecular complexity index is 1130. The standard InChI is InChI=1S/C26H27N5.2ClH/c1-3-9-21(10-4-1)19-27-25-23-13-7-8-14-24(23)28-26(29-25)31-17-15-30(16-18-31)20-22-11-5-2-6-12-22;;/h1-14H,15-20H2,(H,27,28,29);2*1H. The van der Waals surface area contributed by atoms with Crippen LogP contribution >= 0.6 is 24.8 Å². The normalized spacial score (nSPS) is 13.8. The third-order valence-electron chi connectivity index (χ3n) is 5.80. The first kappa shape index (κ1) is 24.8. The molecule has 1 saturated heterocycles. The highest BCUT2D eigenvalue weighted by Gasteiger charge is 2.20. The van der Waals surface area contributed by atoms with Crippen LogP contribution in [0.2, 0.25) is 0 Å². The van der Waals surface area contributed by atoms with Crippen molar-refractivity contribution in [3.63, 3.8) is 0 Å². The molecule has 1 aliphatic rings. The molecule has 7 heteroatoms. The van der Waals surface area contributed by atoms with Crippen molar-refractivity contribution in [2.75, 3.05) is 36.4 Å². The Morgan fingerprint density at radius 2 is 1.27 bits per heavy atom. The lowest BCUT2D eigenvalue weighted by Gasteiger charge is -2.35. The summed E-state index contributed by atoms with van der Waals surface area (Å²) in [5.41, 5.74) is 3.58. The zero-order chi connectivity index (χ0) is 20.9. The first-order valence-electron chi connectivity index (χ1n) is 10.9. The smallest absolute Gasteiger partial charge is 0.227 e. The van der Waals surface area contributed by atoms with Crippen LogP contribution in [-0.2, 0) is 13.1 Å². The predicted octanol–water partition coefficient (Wildman–Crippen LogP) is 5.41. The van der Waals surface area contributed by atoms with Gasteiger partial charge in [-0.1, -0.05) is 72.8 Å². The maximum absolute atomic E-state index is 4.93. The van der Waals surface area contributed by atoms with Crippen molar-refractivity contribution in [2.45, 2.75) is 13.1 Å². The molecule has 0 saturated carbocycles. The minimum absolute atomic E-state index is 0. The Balaban J connectivity index is 0.00000153. The maximum atomic E-state index is 4.93. The molecule has 1 fully saturated rings. The molecule has 0 atom stereocenters. The van der Waals surface area contributed by atoms with Gasteiger partial charge < -0.3 is 10.2 Å². The van der Waals surface area contributed by atoms with Crippen LogP contribution in [0.25, 0.3) is 10.9 Å². The first-order chi connectivity index (χ1) is 15.3. The number of hydrogen-bond acceptors (Lipinski definition) is 5. The van der Waals surface area contributed by atoms with Gasteiger partial charge in [0.2, 0.25) is 5.95 Å². The average Bonchev–Trinajstić information content (AvgIpc) is 2.84. The summed E-state index contributed by atoms with van der Waals surface area (Å²) < 4.78 is 0. The van der Waals surface area contributed by atoms with Crippen molar-refractivity contribution in [1.82, 2.24) is 14.9 Å². The molecule has 0 spiro atoms. The van der Waals surface area contributed by atoms with Crippen LogP contribution in [0.3, 0.4) is 0 Å². The van der Waals surface area contributed by atoms with Crippen LogP contribution in [0.1, 0.15) is 11.1 Å². The molecule has 5 nitrogen and oxygen atoms in total. The molecule has 1 aliphatic heterocycles. The molecule has 1 aromatic heterocycles. The molecule has 0 aliphatic carbocycles. The van der Waals surface area contributed by atoms with Crippen LogP contribution in [-0.4, -0.2) is 41.0 Å². The summed E-state index contributed by atoms with van der Waals surface area (Å²) in [6.07, 6.45) is 0. The van der Waals surface area contributed by atoms with E-state index in [-0.39, 0.29) is 24.8 Å². The highest BCUT2D eigenvalue weighted by Crippen LogP contribution is 2.25. The van der Waals surface area contributed by atoms with E-state index >= 15 is 0 Å². The van der Waals surface area contributed by atoms with E-state index < -0.39 is 0 Å². The summed E-state index contributed by atoms with van der Waals surface area (Å²) in [6, 6.07) is 29.4. The molecule has 0 amide bonds. The molecular weight excluding hydrogens is 453 g/mol. The van der Waals surface area contributed by atoms with Gasteiger partial charge in [-0.05, 0) is 23.3 Å². The lowest BCUT2D eigenvalue weighted by atomic mass is 10.2. The first-order valence-corrected chi connectivity index (χ1v) is 10.9. The van der Waals surface area contributed by atoms with Crippen LogP contribution in [0, 0.1) is 0 Å². The van der Waals surface area contributed by atoms with Gasteiger partial charge in [0.05, 0.1) is 5.52 Å². The van der Waals surface area contributed by atoms with E-state index in [1.54, 1.807) is 0 Å². The van der Waals surface area contributed by atoms with Gasteiger partial charge in [-0.15, -0.1) is 24.8 Å². The summed E-state index contributed by atoms with van der Waals surface area (Å²) in [4.78, 5) is 14.6. The van der Waals surface area contributed by atoms with E-state index in [1.807, 2.05) is 18.2 Å². The summed E-state index contributed by atoms with van der Waals surface area (Å²) in [6.45, 7) is 5.63. The van der Waals surface area contributed by atoms with Crippen molar-refractivity contribution in [1.29, 1.82) is 0 Å². The van der Waals surface area contributed by atoms with E-state index in [0.717, 1.165) is 61.9 Å². The maximum Gasteiger partial charge on any atom is 0.227 e. The number of aromatic nitrogens is 2. The molecule has 4 aromatic rings. The number of rotatable bonds is 6. The number of hydrogen-bond donors (Lipinski definition) is 1. The van der Waals surface area contributed by atoms with Crippen molar-refractivity contribution in [3.05, 3.63) is 96.1 Å².